The number of benzene rings is 2. The summed E-state index contributed by atoms with van der Waals surface area (Å²) in [5.74, 6) is 2.73. The third-order valence-electron chi connectivity index (χ3n) is 5.57. The van der Waals surface area contributed by atoms with Crippen molar-refractivity contribution in [3.8, 4) is 29.6 Å². The van der Waals surface area contributed by atoms with Gasteiger partial charge < -0.3 is 34.3 Å². The zero-order chi connectivity index (χ0) is 27.7. The first-order chi connectivity index (χ1) is 18.1. The van der Waals surface area contributed by atoms with Crippen LogP contribution < -0.4 is 19.5 Å². The van der Waals surface area contributed by atoms with Crippen molar-refractivity contribution in [2.75, 3.05) is 38.7 Å². The van der Waals surface area contributed by atoms with E-state index in [2.05, 4.69) is 11.2 Å². The van der Waals surface area contributed by atoms with Crippen LogP contribution in [0.1, 0.15) is 43.1 Å². The van der Waals surface area contributed by atoms with Gasteiger partial charge in [0.15, 0.2) is 11.5 Å². The Morgan fingerprint density at radius 2 is 1.97 bits per heavy atom. The summed E-state index contributed by atoms with van der Waals surface area (Å²) in [5, 5.41) is 12.5. The number of carboxylic acid groups (broad SMARTS) is 1. The number of ether oxygens (including phenoxy) is 4. The summed E-state index contributed by atoms with van der Waals surface area (Å²) in [6, 6.07) is 10.3. The summed E-state index contributed by atoms with van der Waals surface area (Å²) >= 11 is 0. The quantitative estimate of drug-likeness (QED) is 0.424. The fraction of sp³-hybridized carbons (Fsp3) is 0.379. The molecule has 0 aliphatic carbocycles. The predicted molar refractivity (Wildman–Crippen MR) is 145 cm³/mol. The van der Waals surface area contributed by atoms with Crippen molar-refractivity contribution >= 4 is 23.8 Å². The maximum absolute atomic E-state index is 12.5. The smallest absolute Gasteiger partial charge is 0.410 e. The molecule has 1 saturated heterocycles. The number of carbonyl (C=O) groups excluding carboxylic acids is 1. The molecular formula is C29H34N2O7. The average molecular weight is 523 g/mol. The number of rotatable bonds is 10. The SMILES string of the molecule is C#CCOc1ccc(/C=C/CNc2ccccc2C(=O)O)c(OC2CCN(C(=O)OC(C)(C)C)C2)c1OC. The number of amides is 1. The highest BCUT2D eigenvalue weighted by Crippen LogP contribution is 2.42. The molecule has 1 atom stereocenters. The number of terminal acetylenes is 1. The fourth-order valence-electron chi connectivity index (χ4n) is 3.90. The van der Waals surface area contributed by atoms with Gasteiger partial charge in [-0.05, 0) is 45.0 Å². The molecule has 1 heterocycles. The topological polar surface area (TPSA) is 107 Å². The number of nitrogens with zero attached hydrogens (tertiary/aromatic N) is 1. The number of methoxy groups -OCH3 is 1. The minimum atomic E-state index is -1.00. The van der Waals surface area contributed by atoms with Crippen molar-refractivity contribution in [2.45, 2.75) is 38.9 Å². The summed E-state index contributed by atoms with van der Waals surface area (Å²) < 4.78 is 23.2. The van der Waals surface area contributed by atoms with Gasteiger partial charge in [0, 0.05) is 30.8 Å². The van der Waals surface area contributed by atoms with Crippen LogP contribution in [0, 0.1) is 12.3 Å². The standard InChI is InChI=1S/C29H34N2O7/c1-6-18-36-24-14-13-20(10-9-16-30-23-12-8-7-11-22(23)27(32)33)25(26(24)35-5)37-21-15-17-31(19-21)28(34)38-29(2,3)4/h1,7-14,21,30H,15-19H2,2-5H3,(H,32,33)/b10-9+. The molecule has 9 heteroatoms. The highest BCUT2D eigenvalue weighted by atomic mass is 16.6. The number of anilines is 1. The minimum Gasteiger partial charge on any atom is -0.490 e. The van der Waals surface area contributed by atoms with E-state index in [9.17, 15) is 14.7 Å². The molecule has 9 nitrogen and oxygen atoms in total. The van der Waals surface area contributed by atoms with E-state index < -0.39 is 11.6 Å². The van der Waals surface area contributed by atoms with Crippen molar-refractivity contribution in [3.63, 3.8) is 0 Å². The molecule has 2 N–H and O–H groups in total. The normalized spacial score (nSPS) is 15.1. The van der Waals surface area contributed by atoms with Gasteiger partial charge in [-0.25, -0.2) is 9.59 Å². The second-order valence-electron chi connectivity index (χ2n) is 9.60. The number of nitrogens with one attached hydrogen (secondary N) is 1. The van der Waals surface area contributed by atoms with Gasteiger partial charge in [-0.3, -0.25) is 0 Å². The predicted octanol–water partition coefficient (Wildman–Crippen LogP) is 4.92. The Morgan fingerprint density at radius 3 is 2.66 bits per heavy atom. The first-order valence-electron chi connectivity index (χ1n) is 12.3. The van der Waals surface area contributed by atoms with Crippen LogP contribution in [0.2, 0.25) is 0 Å². The Hall–Kier alpha value is -4.32. The number of para-hydroxylation sites is 1. The lowest BCUT2D eigenvalue weighted by Crippen LogP contribution is -2.36. The van der Waals surface area contributed by atoms with Gasteiger partial charge in [0.25, 0.3) is 0 Å². The summed E-state index contributed by atoms with van der Waals surface area (Å²) in [5.41, 5.74) is 0.847. The molecule has 1 aliphatic heterocycles. The lowest BCUT2D eigenvalue weighted by atomic mass is 10.1. The van der Waals surface area contributed by atoms with Crippen molar-refractivity contribution < 1.29 is 33.6 Å². The van der Waals surface area contributed by atoms with Gasteiger partial charge in [-0.2, -0.15) is 0 Å². The van der Waals surface area contributed by atoms with Crippen molar-refractivity contribution in [2.24, 2.45) is 0 Å². The lowest BCUT2D eigenvalue weighted by Gasteiger charge is -2.24. The number of aromatic carboxylic acids is 1. The first-order valence-corrected chi connectivity index (χ1v) is 12.3. The molecule has 1 unspecified atom stereocenters. The van der Waals surface area contributed by atoms with Gasteiger partial charge in [0.2, 0.25) is 5.75 Å². The maximum Gasteiger partial charge on any atom is 0.410 e. The molecule has 0 radical (unpaired) electrons. The molecule has 2 aromatic carbocycles. The molecular weight excluding hydrogens is 488 g/mol. The van der Waals surface area contributed by atoms with E-state index in [0.717, 1.165) is 5.56 Å². The van der Waals surface area contributed by atoms with E-state index in [0.29, 0.717) is 49.0 Å². The van der Waals surface area contributed by atoms with Crippen molar-refractivity contribution in [1.82, 2.24) is 4.90 Å². The van der Waals surface area contributed by atoms with E-state index >= 15 is 0 Å². The van der Waals surface area contributed by atoms with Crippen LogP contribution in [0.4, 0.5) is 10.5 Å². The van der Waals surface area contributed by atoms with Crippen LogP contribution in [0.5, 0.6) is 17.2 Å². The lowest BCUT2D eigenvalue weighted by molar-refractivity contribution is 0.0275. The highest BCUT2D eigenvalue weighted by Gasteiger charge is 2.32. The van der Waals surface area contributed by atoms with Gasteiger partial charge in [0.1, 0.15) is 18.3 Å². The minimum absolute atomic E-state index is 0.0632. The van der Waals surface area contributed by atoms with Gasteiger partial charge >= 0.3 is 12.1 Å². The largest absolute Gasteiger partial charge is 0.490 e. The summed E-state index contributed by atoms with van der Waals surface area (Å²) in [7, 11) is 1.52. The number of hydrogen-bond donors (Lipinski definition) is 2. The molecule has 2 aromatic rings. The molecule has 202 valence electrons. The van der Waals surface area contributed by atoms with Crippen molar-refractivity contribution in [3.05, 3.63) is 53.6 Å². The van der Waals surface area contributed by atoms with Gasteiger partial charge in [0.05, 0.1) is 19.2 Å². The molecule has 0 spiro atoms. The zero-order valence-electron chi connectivity index (χ0n) is 22.2. The maximum atomic E-state index is 12.5. The average Bonchev–Trinajstić information content (AvgIpc) is 3.34. The van der Waals surface area contributed by atoms with E-state index in [1.165, 1.54) is 7.11 Å². The third kappa shape index (κ3) is 7.59. The molecule has 1 fully saturated rings. The summed E-state index contributed by atoms with van der Waals surface area (Å²) in [4.78, 5) is 25.6. The second-order valence-corrected chi connectivity index (χ2v) is 9.60. The van der Waals surface area contributed by atoms with Crippen LogP contribution in [0.3, 0.4) is 0 Å². The molecule has 0 saturated carbocycles. The third-order valence-corrected chi connectivity index (χ3v) is 5.57. The van der Waals surface area contributed by atoms with Crippen LogP contribution >= 0.6 is 0 Å². The highest BCUT2D eigenvalue weighted by molar-refractivity contribution is 5.94. The molecule has 3 rings (SSSR count). The van der Waals surface area contributed by atoms with Gasteiger partial charge in [-0.15, -0.1) is 6.42 Å². The van der Waals surface area contributed by atoms with Gasteiger partial charge in [-0.1, -0.05) is 30.2 Å². The molecule has 1 amide bonds. The number of carboxylic acids is 1. The zero-order valence-corrected chi connectivity index (χ0v) is 22.2. The fourth-order valence-corrected chi connectivity index (χ4v) is 3.90. The number of hydrogen-bond acceptors (Lipinski definition) is 7. The number of likely N-dealkylation sites (tertiary alicyclic amines) is 1. The van der Waals surface area contributed by atoms with Crippen molar-refractivity contribution in [1.29, 1.82) is 0 Å². The molecule has 1 aliphatic rings. The Morgan fingerprint density at radius 1 is 1.21 bits per heavy atom. The molecule has 38 heavy (non-hydrogen) atoms. The van der Waals surface area contributed by atoms with Crippen LogP contribution in [0.15, 0.2) is 42.5 Å². The number of carbonyl (C=O) groups is 2. The van der Waals surface area contributed by atoms with E-state index in [1.807, 2.05) is 39.0 Å². The summed E-state index contributed by atoms with van der Waals surface area (Å²) in [6.07, 6.45) is 9.01. The van der Waals surface area contributed by atoms with E-state index in [4.69, 9.17) is 25.4 Å². The monoisotopic (exact) mass is 522 g/mol. The molecule has 0 bridgehead atoms. The molecule has 0 aromatic heterocycles. The van der Waals surface area contributed by atoms with Crippen LogP contribution in [-0.4, -0.2) is 67.1 Å². The Balaban J connectivity index is 1.79. The Bertz CT molecular complexity index is 1210. The van der Waals surface area contributed by atoms with E-state index in [-0.39, 0.29) is 24.4 Å². The van der Waals surface area contributed by atoms with E-state index in [1.54, 1.807) is 35.2 Å². The Kier molecular flexibility index (Phi) is 9.49. The second kappa shape index (κ2) is 12.8. The van der Waals surface area contributed by atoms with Crippen LogP contribution in [-0.2, 0) is 4.74 Å². The summed E-state index contributed by atoms with van der Waals surface area (Å²) in [6.45, 7) is 6.79. The van der Waals surface area contributed by atoms with Crippen LogP contribution in [0.25, 0.3) is 6.08 Å². The first kappa shape index (κ1) is 28.3. The Labute approximate surface area is 223 Å².